The van der Waals surface area contributed by atoms with E-state index in [9.17, 15) is 19.8 Å². The molecule has 2 aromatic carbocycles. The molecule has 5 atom stereocenters. The summed E-state index contributed by atoms with van der Waals surface area (Å²) >= 11 is 0. The van der Waals surface area contributed by atoms with Crippen LogP contribution in [0.15, 0.2) is 82.5 Å². The molecule has 2 aliphatic rings. The Balaban J connectivity index is 1.65. The van der Waals surface area contributed by atoms with Gasteiger partial charge in [0.2, 0.25) is 5.72 Å². The van der Waals surface area contributed by atoms with Crippen molar-refractivity contribution in [3.63, 3.8) is 0 Å². The van der Waals surface area contributed by atoms with Crippen LogP contribution in [0.1, 0.15) is 72.6 Å². The lowest BCUT2D eigenvalue weighted by Crippen LogP contribution is -2.66. The lowest BCUT2D eigenvalue weighted by Gasteiger charge is -2.51. The van der Waals surface area contributed by atoms with Gasteiger partial charge in [-0.05, 0) is 33.3 Å². The van der Waals surface area contributed by atoms with Crippen LogP contribution in [-0.2, 0) is 41.5 Å². The molecular weight excluding hydrogens is 661 g/mol. The Labute approximate surface area is 290 Å². The molecule has 0 aliphatic carbocycles. The van der Waals surface area contributed by atoms with Gasteiger partial charge in [0.05, 0.1) is 13.2 Å². The molecule has 13 heteroatoms. The second kappa shape index (κ2) is 14.9. The highest BCUT2D eigenvalue weighted by molar-refractivity contribution is 6.84. The molecule has 2 saturated heterocycles. The van der Waals surface area contributed by atoms with Crippen molar-refractivity contribution in [3.8, 4) is 0 Å². The molecule has 0 amide bonds. The predicted molar refractivity (Wildman–Crippen MR) is 190 cm³/mol. The lowest BCUT2D eigenvalue weighted by atomic mass is 9.92. The van der Waals surface area contributed by atoms with Crippen LogP contribution in [0, 0.1) is 0 Å². The summed E-state index contributed by atoms with van der Waals surface area (Å²) in [5, 5.41) is 24.8. The summed E-state index contributed by atoms with van der Waals surface area (Å²) in [5.74, 6) is 0. The van der Waals surface area contributed by atoms with E-state index < -0.39 is 58.5 Å². The lowest BCUT2D eigenvalue weighted by molar-refractivity contribution is -0.213. The number of aliphatic hydroxyl groups is 2. The molecule has 3 heterocycles. The number of fused-ring (bicyclic) bond motifs is 1. The van der Waals surface area contributed by atoms with Gasteiger partial charge in [0.25, 0.3) is 5.56 Å². The average molecular weight is 713 g/mol. The van der Waals surface area contributed by atoms with Gasteiger partial charge in [-0.25, -0.2) is 9.36 Å². The monoisotopic (exact) mass is 712 g/mol. The van der Waals surface area contributed by atoms with Gasteiger partial charge in [0.15, 0.2) is 0 Å². The van der Waals surface area contributed by atoms with E-state index in [4.69, 9.17) is 22.4 Å². The van der Waals surface area contributed by atoms with Gasteiger partial charge in [-0.15, -0.1) is 0 Å². The van der Waals surface area contributed by atoms with Crippen LogP contribution in [0.2, 0.25) is 22.2 Å². The van der Waals surface area contributed by atoms with Crippen LogP contribution in [0.4, 0.5) is 0 Å². The molecule has 3 aromatic rings. The minimum atomic E-state index is -3.22. The van der Waals surface area contributed by atoms with Gasteiger partial charge in [-0.1, -0.05) is 116 Å². The number of hydrogen-bond acceptors (Lipinski definition) is 9. The normalized spacial score (nSPS) is 25.8. The van der Waals surface area contributed by atoms with Gasteiger partial charge in [-0.2, -0.15) is 0 Å². The van der Waals surface area contributed by atoms with E-state index in [2.05, 4.69) is 55.4 Å². The zero-order valence-corrected chi connectivity index (χ0v) is 31.8. The summed E-state index contributed by atoms with van der Waals surface area (Å²) < 4.78 is 36.0. The Morgan fingerprint density at radius 1 is 0.857 bits per heavy atom. The number of nitrogens with zero attached hydrogens (tertiary/aromatic N) is 2. The standard InChI is InChI=1S/C36H52N2O9Si2/c1-24(2)48(25(3)4)44-22-30-32(46-49(47-48,26(5)6)27(7)8)34(41)36(45-30,33(40)29-17-13-10-14-18-29)38-20-19-31(39)37(35(38)42)23-43-21-28-15-11-9-12-16-28/h9-20,24-27,30,32-34,40-41H,21-23H2,1-8H3/t30-,32-,33+,34+,36-/m1/s1. The van der Waals surface area contributed by atoms with Crippen molar-refractivity contribution in [2.45, 2.75) is 121 Å². The molecule has 1 aromatic heterocycles. The summed E-state index contributed by atoms with van der Waals surface area (Å²) in [6, 6.07) is 19.3. The maximum atomic E-state index is 14.3. The highest BCUT2D eigenvalue weighted by Gasteiger charge is 2.67. The number of aromatic nitrogens is 2. The first-order chi connectivity index (χ1) is 23.2. The van der Waals surface area contributed by atoms with E-state index in [0.29, 0.717) is 5.56 Å². The maximum absolute atomic E-state index is 14.3. The molecule has 11 nitrogen and oxygen atoms in total. The predicted octanol–water partition coefficient (Wildman–Crippen LogP) is 5.29. The van der Waals surface area contributed by atoms with E-state index >= 15 is 0 Å². The van der Waals surface area contributed by atoms with Crippen molar-refractivity contribution < 1.29 is 32.7 Å². The quantitative estimate of drug-likeness (QED) is 0.255. The highest BCUT2D eigenvalue weighted by Crippen LogP contribution is 2.51. The van der Waals surface area contributed by atoms with Gasteiger partial charge in [-0.3, -0.25) is 9.36 Å². The van der Waals surface area contributed by atoms with Crippen LogP contribution in [0.25, 0.3) is 0 Å². The average Bonchev–Trinajstić information content (AvgIpc) is 3.33. The van der Waals surface area contributed by atoms with Gasteiger partial charge < -0.3 is 32.7 Å². The third-order valence-corrected chi connectivity index (χ3v) is 20.3. The zero-order valence-electron chi connectivity index (χ0n) is 29.8. The van der Waals surface area contributed by atoms with Crippen molar-refractivity contribution in [2.24, 2.45) is 0 Å². The molecule has 0 bridgehead atoms. The number of aliphatic hydroxyl groups excluding tert-OH is 2. The van der Waals surface area contributed by atoms with Gasteiger partial charge in [0.1, 0.15) is 31.1 Å². The molecule has 2 N–H and O–H groups in total. The molecule has 5 rings (SSSR count). The van der Waals surface area contributed by atoms with E-state index in [1.807, 2.05) is 30.3 Å². The number of hydrogen-bond donors (Lipinski definition) is 2. The first-order valence-electron chi connectivity index (χ1n) is 17.3. The molecule has 268 valence electrons. The number of rotatable bonds is 11. The number of benzene rings is 2. The molecule has 0 saturated carbocycles. The van der Waals surface area contributed by atoms with Crippen molar-refractivity contribution in [2.75, 3.05) is 6.61 Å². The molecule has 49 heavy (non-hydrogen) atoms. The largest absolute Gasteiger partial charge is 0.414 e. The minimum absolute atomic E-state index is 0.0167. The molecule has 2 aliphatic heterocycles. The Bertz CT molecular complexity index is 1650. The molecule has 0 radical (unpaired) electrons. The fourth-order valence-electron chi connectivity index (χ4n) is 7.39. The summed E-state index contributed by atoms with van der Waals surface area (Å²) in [6.45, 7) is 16.6. The molecule has 0 spiro atoms. The molecule has 0 unspecified atom stereocenters. The van der Waals surface area contributed by atoms with E-state index in [1.165, 1.54) is 12.3 Å². The van der Waals surface area contributed by atoms with E-state index in [1.54, 1.807) is 30.3 Å². The van der Waals surface area contributed by atoms with Crippen LogP contribution in [-0.4, -0.2) is 61.4 Å². The Hall–Kier alpha value is -2.73. The van der Waals surface area contributed by atoms with Gasteiger partial charge >= 0.3 is 22.8 Å². The SMILES string of the molecule is CC(C)[Si]1(C(C)C)OC[C@H]2O[C@@]([C@@H](O)c3ccccc3)(n3ccc(=O)n(COCc4ccccc4)c3=O)[C@@H](O)[C@@H]2O[Si](C(C)C)(C(C)C)O1. The summed E-state index contributed by atoms with van der Waals surface area (Å²) in [4.78, 5) is 27.4. The van der Waals surface area contributed by atoms with E-state index in [0.717, 1.165) is 14.7 Å². The third-order valence-electron chi connectivity index (χ3n) is 10.1. The highest BCUT2D eigenvalue weighted by atomic mass is 28.5. The Morgan fingerprint density at radius 2 is 1.43 bits per heavy atom. The maximum Gasteiger partial charge on any atom is 0.335 e. The molecule has 2 fully saturated rings. The first kappa shape index (κ1) is 37.5. The summed E-state index contributed by atoms with van der Waals surface area (Å²) in [7, 11) is -6.18. The Kier molecular flexibility index (Phi) is 11.4. The smallest absolute Gasteiger partial charge is 0.335 e. The number of ether oxygens (including phenoxy) is 2. The minimum Gasteiger partial charge on any atom is -0.414 e. The van der Waals surface area contributed by atoms with Crippen molar-refractivity contribution in [3.05, 3.63) is 105 Å². The van der Waals surface area contributed by atoms with Crippen LogP contribution in [0.3, 0.4) is 0 Å². The topological polar surface area (TPSA) is 131 Å². The van der Waals surface area contributed by atoms with Crippen LogP contribution in [0.5, 0.6) is 0 Å². The second-order valence-corrected chi connectivity index (χ2v) is 23.3. The van der Waals surface area contributed by atoms with Crippen molar-refractivity contribution >= 4 is 17.1 Å². The van der Waals surface area contributed by atoms with Gasteiger partial charge in [0, 0.05) is 12.3 Å². The zero-order chi connectivity index (χ0) is 35.7. The van der Waals surface area contributed by atoms with Crippen LogP contribution < -0.4 is 11.2 Å². The Morgan fingerprint density at radius 3 is 2.00 bits per heavy atom. The summed E-state index contributed by atoms with van der Waals surface area (Å²) in [5.41, 5.74) is -2.16. The molecular formula is C36H52N2O9Si2. The fraction of sp³-hybridized carbons (Fsp3) is 0.556. The van der Waals surface area contributed by atoms with Crippen molar-refractivity contribution in [1.29, 1.82) is 0 Å². The third kappa shape index (κ3) is 6.73. The second-order valence-electron chi connectivity index (χ2n) is 14.4. The van der Waals surface area contributed by atoms with Crippen LogP contribution >= 0.6 is 0 Å². The van der Waals surface area contributed by atoms with E-state index in [-0.39, 0.29) is 42.1 Å². The summed E-state index contributed by atoms with van der Waals surface area (Å²) in [6.07, 6.45) is -3.77. The first-order valence-corrected chi connectivity index (χ1v) is 21.2. The fourth-order valence-corrected chi connectivity index (χ4v) is 18.6. The van der Waals surface area contributed by atoms with Crippen molar-refractivity contribution in [1.82, 2.24) is 9.13 Å².